The average molecular weight is 320 g/mol. The summed E-state index contributed by atoms with van der Waals surface area (Å²) in [6.07, 6.45) is 1.69. The zero-order chi connectivity index (χ0) is 16.5. The molecule has 0 spiro atoms. The Labute approximate surface area is 137 Å². The molecule has 0 fully saturated rings. The highest BCUT2D eigenvalue weighted by Crippen LogP contribution is 2.26. The molecule has 24 heavy (non-hydrogen) atoms. The maximum Gasteiger partial charge on any atom is 0.258 e. The Hall–Kier alpha value is -3.28. The molecule has 0 aliphatic rings. The molecule has 0 saturated heterocycles. The van der Waals surface area contributed by atoms with E-state index in [9.17, 15) is 4.39 Å². The quantitative estimate of drug-likeness (QED) is 0.613. The van der Waals surface area contributed by atoms with Crippen molar-refractivity contribution in [3.05, 3.63) is 66.1 Å². The largest absolute Gasteiger partial charge is 0.334 e. The van der Waals surface area contributed by atoms with Crippen LogP contribution in [0.5, 0.6) is 0 Å². The molecule has 0 radical (unpaired) electrons. The normalized spacial score (nSPS) is 10.9. The van der Waals surface area contributed by atoms with E-state index in [0.717, 1.165) is 16.8 Å². The molecule has 6 heteroatoms. The van der Waals surface area contributed by atoms with Gasteiger partial charge < -0.3 is 4.52 Å². The third-order valence-electron chi connectivity index (χ3n) is 3.78. The summed E-state index contributed by atoms with van der Waals surface area (Å²) in [6.45, 7) is 1.71. The van der Waals surface area contributed by atoms with Gasteiger partial charge in [0, 0.05) is 22.9 Å². The molecule has 0 unspecified atom stereocenters. The molecule has 2 aromatic heterocycles. The van der Waals surface area contributed by atoms with Crippen LogP contribution < -0.4 is 0 Å². The fraction of sp³-hybridized carbons (Fsp3) is 0.0556. The lowest BCUT2D eigenvalue weighted by Crippen LogP contribution is -1.86. The van der Waals surface area contributed by atoms with Crippen molar-refractivity contribution in [2.45, 2.75) is 6.92 Å². The fourth-order valence-electron chi connectivity index (χ4n) is 2.43. The van der Waals surface area contributed by atoms with E-state index in [1.54, 1.807) is 25.3 Å². The van der Waals surface area contributed by atoms with Gasteiger partial charge in [0.15, 0.2) is 0 Å². The number of rotatable bonds is 3. The van der Waals surface area contributed by atoms with E-state index in [-0.39, 0.29) is 11.7 Å². The van der Waals surface area contributed by atoms with E-state index in [4.69, 9.17) is 4.52 Å². The van der Waals surface area contributed by atoms with Crippen LogP contribution >= 0.6 is 0 Å². The number of aromatic amines is 1. The van der Waals surface area contributed by atoms with Gasteiger partial charge in [-0.05, 0) is 36.8 Å². The lowest BCUT2D eigenvalue weighted by molar-refractivity contribution is 0.432. The number of halogens is 1. The third-order valence-corrected chi connectivity index (χ3v) is 3.78. The molecule has 5 nitrogen and oxygen atoms in total. The van der Waals surface area contributed by atoms with Crippen LogP contribution in [-0.2, 0) is 0 Å². The summed E-state index contributed by atoms with van der Waals surface area (Å²) >= 11 is 0. The number of hydrogen-bond acceptors (Lipinski definition) is 4. The molecular weight excluding hydrogens is 307 g/mol. The molecule has 0 atom stereocenters. The summed E-state index contributed by atoms with van der Waals surface area (Å²) in [5.41, 5.74) is 3.82. The van der Waals surface area contributed by atoms with Crippen LogP contribution in [0.15, 0.2) is 59.3 Å². The highest BCUT2D eigenvalue weighted by atomic mass is 19.1. The van der Waals surface area contributed by atoms with Crippen LogP contribution in [0.3, 0.4) is 0 Å². The first kappa shape index (κ1) is 14.3. The van der Waals surface area contributed by atoms with Crippen LogP contribution in [0.1, 0.15) is 5.56 Å². The van der Waals surface area contributed by atoms with Crippen molar-refractivity contribution in [1.82, 2.24) is 20.3 Å². The minimum Gasteiger partial charge on any atom is -0.334 e. The van der Waals surface area contributed by atoms with Gasteiger partial charge in [0.2, 0.25) is 5.82 Å². The topological polar surface area (TPSA) is 67.6 Å². The van der Waals surface area contributed by atoms with E-state index < -0.39 is 0 Å². The van der Waals surface area contributed by atoms with Gasteiger partial charge in [-0.1, -0.05) is 29.4 Å². The Morgan fingerprint density at radius 1 is 1.00 bits per heavy atom. The van der Waals surface area contributed by atoms with Gasteiger partial charge in [-0.2, -0.15) is 10.1 Å². The van der Waals surface area contributed by atoms with Gasteiger partial charge >= 0.3 is 0 Å². The number of aryl methyl sites for hydroxylation is 1. The van der Waals surface area contributed by atoms with E-state index in [2.05, 4.69) is 20.3 Å². The van der Waals surface area contributed by atoms with Crippen molar-refractivity contribution in [2.24, 2.45) is 0 Å². The highest BCUT2D eigenvalue weighted by Gasteiger charge is 2.12. The standard InChI is InChI=1S/C18H13FN4O/c1-11-5-6-14(10-15(11)19)18-21-17(23-24-18)13-4-2-3-12(9-13)16-7-8-20-22-16/h2-10H,1H3,(H,20,22). The van der Waals surface area contributed by atoms with E-state index in [0.29, 0.717) is 17.0 Å². The van der Waals surface area contributed by atoms with Crippen LogP contribution in [0.2, 0.25) is 0 Å². The number of nitrogens with zero attached hydrogens (tertiary/aromatic N) is 3. The minimum absolute atomic E-state index is 0.288. The van der Waals surface area contributed by atoms with E-state index in [1.807, 2.05) is 30.3 Å². The molecule has 0 aliphatic heterocycles. The smallest absolute Gasteiger partial charge is 0.258 e. The zero-order valence-electron chi connectivity index (χ0n) is 12.8. The Morgan fingerprint density at radius 2 is 1.88 bits per heavy atom. The zero-order valence-corrected chi connectivity index (χ0v) is 12.8. The second kappa shape index (κ2) is 5.73. The predicted octanol–water partition coefficient (Wildman–Crippen LogP) is 4.24. The van der Waals surface area contributed by atoms with Crippen molar-refractivity contribution in [1.29, 1.82) is 0 Å². The molecule has 4 aromatic rings. The van der Waals surface area contributed by atoms with Gasteiger partial charge in [0.25, 0.3) is 5.89 Å². The van der Waals surface area contributed by atoms with Crippen LogP contribution in [-0.4, -0.2) is 20.3 Å². The fourth-order valence-corrected chi connectivity index (χ4v) is 2.43. The van der Waals surface area contributed by atoms with Crippen LogP contribution in [0.4, 0.5) is 4.39 Å². The number of aromatic nitrogens is 4. The van der Waals surface area contributed by atoms with Crippen molar-refractivity contribution >= 4 is 0 Å². The van der Waals surface area contributed by atoms with Crippen molar-refractivity contribution in [2.75, 3.05) is 0 Å². The average Bonchev–Trinajstić information content (AvgIpc) is 3.29. The first-order valence-electron chi connectivity index (χ1n) is 7.41. The highest BCUT2D eigenvalue weighted by molar-refractivity contribution is 5.68. The van der Waals surface area contributed by atoms with Crippen LogP contribution in [0, 0.1) is 12.7 Å². The second-order valence-corrected chi connectivity index (χ2v) is 5.44. The number of nitrogens with one attached hydrogen (secondary N) is 1. The Morgan fingerprint density at radius 3 is 2.67 bits per heavy atom. The molecule has 0 saturated carbocycles. The number of hydrogen-bond donors (Lipinski definition) is 1. The summed E-state index contributed by atoms with van der Waals surface area (Å²) in [5.74, 6) is 0.441. The maximum absolute atomic E-state index is 13.7. The van der Waals surface area contributed by atoms with Gasteiger partial charge in [0.05, 0.1) is 5.69 Å². The van der Waals surface area contributed by atoms with E-state index in [1.165, 1.54) is 6.07 Å². The van der Waals surface area contributed by atoms with Crippen molar-refractivity contribution < 1.29 is 8.91 Å². The van der Waals surface area contributed by atoms with Crippen molar-refractivity contribution in [3.8, 4) is 34.1 Å². The lowest BCUT2D eigenvalue weighted by Gasteiger charge is -2.00. The summed E-state index contributed by atoms with van der Waals surface area (Å²) in [5, 5.41) is 10.9. The van der Waals surface area contributed by atoms with E-state index >= 15 is 0 Å². The lowest BCUT2D eigenvalue weighted by atomic mass is 10.1. The minimum atomic E-state index is -0.298. The van der Waals surface area contributed by atoms with Gasteiger partial charge in [-0.15, -0.1) is 0 Å². The number of H-pyrrole nitrogens is 1. The van der Waals surface area contributed by atoms with Gasteiger partial charge in [-0.3, -0.25) is 5.10 Å². The summed E-state index contributed by atoms with van der Waals surface area (Å²) in [6, 6.07) is 14.4. The SMILES string of the molecule is Cc1ccc(-c2nc(-c3cccc(-c4ccn[nH]4)c3)no2)cc1F. The monoisotopic (exact) mass is 320 g/mol. The molecule has 0 amide bonds. The van der Waals surface area contributed by atoms with Gasteiger partial charge in [0.1, 0.15) is 5.82 Å². The van der Waals surface area contributed by atoms with Gasteiger partial charge in [-0.25, -0.2) is 4.39 Å². The molecular formula is C18H13FN4O. The number of benzene rings is 2. The molecule has 2 heterocycles. The first-order valence-corrected chi connectivity index (χ1v) is 7.41. The predicted molar refractivity (Wildman–Crippen MR) is 87.4 cm³/mol. The molecule has 0 bridgehead atoms. The second-order valence-electron chi connectivity index (χ2n) is 5.44. The Kier molecular flexibility index (Phi) is 3.42. The third kappa shape index (κ3) is 2.58. The maximum atomic E-state index is 13.7. The molecule has 4 rings (SSSR count). The molecule has 1 N–H and O–H groups in total. The first-order chi connectivity index (χ1) is 11.7. The summed E-state index contributed by atoms with van der Waals surface area (Å²) in [7, 11) is 0. The molecule has 2 aromatic carbocycles. The summed E-state index contributed by atoms with van der Waals surface area (Å²) < 4.78 is 19.0. The van der Waals surface area contributed by atoms with Crippen LogP contribution in [0.25, 0.3) is 34.1 Å². The Balaban J connectivity index is 1.70. The Bertz CT molecular complexity index is 992. The summed E-state index contributed by atoms with van der Waals surface area (Å²) in [4.78, 5) is 4.37. The van der Waals surface area contributed by atoms with Crippen molar-refractivity contribution in [3.63, 3.8) is 0 Å². The molecule has 118 valence electrons. The molecule has 0 aliphatic carbocycles.